The molecule has 6 heteroatoms. The third-order valence-electron chi connectivity index (χ3n) is 6.13. The highest BCUT2D eigenvalue weighted by Crippen LogP contribution is 2.34. The van der Waals surface area contributed by atoms with E-state index in [4.69, 9.17) is 4.98 Å². The number of fused-ring (bicyclic) bond motifs is 2. The summed E-state index contributed by atoms with van der Waals surface area (Å²) in [7, 11) is 0. The van der Waals surface area contributed by atoms with E-state index in [0.29, 0.717) is 12.1 Å². The van der Waals surface area contributed by atoms with E-state index in [-0.39, 0.29) is 0 Å². The van der Waals surface area contributed by atoms with Crippen molar-refractivity contribution in [1.29, 1.82) is 0 Å². The number of aromatic amines is 1. The van der Waals surface area contributed by atoms with E-state index in [9.17, 15) is 0 Å². The quantitative estimate of drug-likeness (QED) is 0.438. The number of imidazole rings is 1. The molecule has 1 atom stereocenters. The topological polar surface area (TPSA) is 71.4 Å². The molecule has 30 heavy (non-hydrogen) atoms. The van der Waals surface area contributed by atoms with Crippen LogP contribution >= 0.6 is 0 Å². The molecule has 154 valence electrons. The fourth-order valence-electron chi connectivity index (χ4n) is 4.59. The van der Waals surface area contributed by atoms with Crippen LogP contribution in [0.1, 0.15) is 62.0 Å². The molecule has 1 unspecified atom stereocenters. The van der Waals surface area contributed by atoms with Crippen molar-refractivity contribution in [1.82, 2.24) is 24.7 Å². The van der Waals surface area contributed by atoms with Crippen molar-refractivity contribution in [3.8, 4) is 11.4 Å². The number of pyridine rings is 1. The zero-order chi connectivity index (χ0) is 20.7. The Bertz CT molecular complexity index is 1190. The monoisotopic (exact) mass is 400 g/mol. The van der Waals surface area contributed by atoms with Crippen molar-refractivity contribution in [3.05, 3.63) is 59.5 Å². The number of nitrogens with zero attached hydrogens (tertiary/aromatic N) is 4. The molecule has 0 fully saturated rings. The van der Waals surface area contributed by atoms with Gasteiger partial charge in [0.15, 0.2) is 5.65 Å². The average Bonchev–Trinajstić information content (AvgIpc) is 3.28. The minimum absolute atomic E-state index is 0.298. The maximum atomic E-state index is 4.77. The number of benzene rings is 1. The van der Waals surface area contributed by atoms with Crippen molar-refractivity contribution in [3.63, 3.8) is 0 Å². The lowest BCUT2D eigenvalue weighted by molar-refractivity contribution is 0.519. The lowest BCUT2D eigenvalue weighted by Crippen LogP contribution is -2.11. The number of anilines is 1. The van der Waals surface area contributed by atoms with Gasteiger partial charge >= 0.3 is 0 Å². The van der Waals surface area contributed by atoms with Crippen LogP contribution in [-0.2, 0) is 6.42 Å². The van der Waals surface area contributed by atoms with E-state index in [1.807, 2.05) is 23.1 Å². The highest BCUT2D eigenvalue weighted by molar-refractivity contribution is 5.88. The predicted octanol–water partition coefficient (Wildman–Crippen LogP) is 5.59. The molecule has 0 spiro atoms. The number of aryl methyl sites for hydroxylation is 1. The van der Waals surface area contributed by atoms with Gasteiger partial charge in [-0.15, -0.1) is 0 Å². The molecule has 0 bridgehead atoms. The van der Waals surface area contributed by atoms with E-state index in [1.54, 1.807) is 0 Å². The average molecular weight is 401 g/mol. The molecule has 5 rings (SSSR count). The number of hydrogen-bond acceptors (Lipinski definition) is 4. The maximum Gasteiger partial charge on any atom is 0.180 e. The Morgan fingerprint density at radius 2 is 2.03 bits per heavy atom. The predicted molar refractivity (Wildman–Crippen MR) is 121 cm³/mol. The summed E-state index contributed by atoms with van der Waals surface area (Å²) in [5, 5.41) is 8.32. The summed E-state index contributed by atoms with van der Waals surface area (Å²) in [6, 6.07) is 11.5. The van der Waals surface area contributed by atoms with E-state index < -0.39 is 0 Å². The van der Waals surface area contributed by atoms with E-state index in [1.165, 1.54) is 24.0 Å². The summed E-state index contributed by atoms with van der Waals surface area (Å²) >= 11 is 0. The molecule has 4 aromatic rings. The van der Waals surface area contributed by atoms with Crippen LogP contribution < -0.4 is 5.32 Å². The molecule has 0 saturated heterocycles. The minimum atomic E-state index is 0.298. The Labute approximate surface area is 176 Å². The van der Waals surface area contributed by atoms with E-state index in [0.717, 1.165) is 46.8 Å². The number of aromatic nitrogens is 5. The Morgan fingerprint density at radius 1 is 1.17 bits per heavy atom. The van der Waals surface area contributed by atoms with Gasteiger partial charge in [0.2, 0.25) is 0 Å². The number of rotatable bonds is 4. The van der Waals surface area contributed by atoms with Crippen LogP contribution in [0.25, 0.3) is 22.6 Å². The van der Waals surface area contributed by atoms with Gasteiger partial charge in [-0.05, 0) is 57.2 Å². The summed E-state index contributed by atoms with van der Waals surface area (Å²) in [6.07, 6.45) is 8.48. The number of nitrogens with one attached hydrogen (secondary N) is 2. The number of H-pyrrole nitrogens is 1. The van der Waals surface area contributed by atoms with Gasteiger partial charge in [0.05, 0.1) is 23.5 Å². The SMILES string of the molecule is Cc1c(-c2nc3nccc(NC4CCCCc5ccccc54)c3[nH]2)cnn1C(C)C. The van der Waals surface area contributed by atoms with Crippen molar-refractivity contribution < 1.29 is 0 Å². The second kappa shape index (κ2) is 7.59. The van der Waals surface area contributed by atoms with Gasteiger partial charge in [0, 0.05) is 17.9 Å². The van der Waals surface area contributed by atoms with Gasteiger partial charge in [-0.25, -0.2) is 9.97 Å². The summed E-state index contributed by atoms with van der Waals surface area (Å²) in [6.45, 7) is 6.36. The molecule has 0 radical (unpaired) electrons. The van der Waals surface area contributed by atoms with Gasteiger partial charge in [-0.1, -0.05) is 30.7 Å². The van der Waals surface area contributed by atoms with Crippen LogP contribution in [-0.4, -0.2) is 24.7 Å². The summed E-state index contributed by atoms with van der Waals surface area (Å²) < 4.78 is 2.03. The molecule has 1 aliphatic rings. The van der Waals surface area contributed by atoms with Crippen molar-refractivity contribution in [2.45, 2.75) is 58.5 Å². The molecule has 3 aromatic heterocycles. The standard InChI is InChI=1S/C24H28N6/c1-15(2)30-16(3)19(14-26-30)23-28-22-21(12-13-25-24(22)29-23)27-20-11-7-5-9-17-8-4-6-10-18(17)20/h4,6,8,10,12-15,20H,5,7,9,11H2,1-3H3,(H2,25,27,28,29). The Balaban J connectivity index is 1.52. The molecular weight excluding hydrogens is 372 g/mol. The zero-order valence-electron chi connectivity index (χ0n) is 17.8. The molecule has 0 amide bonds. The summed E-state index contributed by atoms with van der Waals surface area (Å²) in [4.78, 5) is 12.8. The first-order valence-corrected chi connectivity index (χ1v) is 10.9. The van der Waals surface area contributed by atoms with Crippen molar-refractivity contribution >= 4 is 16.9 Å². The Hall–Kier alpha value is -3.15. The molecule has 2 N–H and O–H groups in total. The molecule has 6 nitrogen and oxygen atoms in total. The smallest absolute Gasteiger partial charge is 0.180 e. The molecule has 3 heterocycles. The lowest BCUT2D eigenvalue weighted by Gasteiger charge is -2.20. The van der Waals surface area contributed by atoms with Gasteiger partial charge in [0.25, 0.3) is 0 Å². The van der Waals surface area contributed by atoms with Crippen molar-refractivity contribution in [2.24, 2.45) is 0 Å². The second-order valence-electron chi connectivity index (χ2n) is 8.47. The summed E-state index contributed by atoms with van der Waals surface area (Å²) in [5.74, 6) is 0.817. The normalized spacial score (nSPS) is 16.6. The van der Waals surface area contributed by atoms with Crippen LogP contribution in [0, 0.1) is 6.92 Å². The van der Waals surface area contributed by atoms with Gasteiger partial charge < -0.3 is 10.3 Å². The van der Waals surface area contributed by atoms with Gasteiger partial charge in [-0.2, -0.15) is 5.10 Å². The number of hydrogen-bond donors (Lipinski definition) is 2. The molecule has 0 aliphatic heterocycles. The Kier molecular flexibility index (Phi) is 4.77. The zero-order valence-corrected chi connectivity index (χ0v) is 17.8. The van der Waals surface area contributed by atoms with Crippen LogP contribution in [0.5, 0.6) is 0 Å². The van der Waals surface area contributed by atoms with Crippen LogP contribution in [0.4, 0.5) is 5.69 Å². The van der Waals surface area contributed by atoms with Gasteiger partial charge in [0.1, 0.15) is 11.3 Å². The molecule has 1 aliphatic carbocycles. The lowest BCUT2D eigenvalue weighted by atomic mass is 9.99. The van der Waals surface area contributed by atoms with Crippen LogP contribution in [0.2, 0.25) is 0 Å². The van der Waals surface area contributed by atoms with Crippen LogP contribution in [0.15, 0.2) is 42.7 Å². The first kappa shape index (κ1) is 18.9. The largest absolute Gasteiger partial charge is 0.376 e. The second-order valence-corrected chi connectivity index (χ2v) is 8.47. The third kappa shape index (κ3) is 3.26. The third-order valence-corrected chi connectivity index (χ3v) is 6.13. The van der Waals surface area contributed by atoms with Crippen molar-refractivity contribution in [2.75, 3.05) is 5.32 Å². The maximum absolute atomic E-state index is 4.77. The fourth-order valence-corrected chi connectivity index (χ4v) is 4.59. The van der Waals surface area contributed by atoms with E-state index in [2.05, 4.69) is 65.4 Å². The van der Waals surface area contributed by atoms with Crippen LogP contribution in [0.3, 0.4) is 0 Å². The van der Waals surface area contributed by atoms with Gasteiger partial charge in [-0.3, -0.25) is 4.68 Å². The Morgan fingerprint density at radius 3 is 2.87 bits per heavy atom. The minimum Gasteiger partial charge on any atom is -0.376 e. The fraction of sp³-hybridized carbons (Fsp3) is 0.375. The summed E-state index contributed by atoms with van der Waals surface area (Å²) in [5.41, 5.74) is 7.73. The first-order chi connectivity index (χ1) is 14.6. The molecule has 0 saturated carbocycles. The van der Waals surface area contributed by atoms with E-state index >= 15 is 0 Å². The highest BCUT2D eigenvalue weighted by atomic mass is 15.3. The highest BCUT2D eigenvalue weighted by Gasteiger charge is 2.21. The molecular formula is C24H28N6. The molecule has 1 aromatic carbocycles. The first-order valence-electron chi connectivity index (χ1n) is 10.9.